The molecule has 0 saturated heterocycles. The van der Waals surface area contributed by atoms with Crippen LogP contribution in [0.4, 0.5) is 13.2 Å². The molecule has 0 N–H and O–H groups in total. The quantitative estimate of drug-likeness (QED) is 0.772. The number of hydrogen-bond donors (Lipinski definition) is 0. The molecule has 0 aliphatic rings. The molecule has 2 aromatic rings. The molecule has 0 unspecified atom stereocenters. The molecule has 0 spiro atoms. The van der Waals surface area contributed by atoms with Crippen LogP contribution in [-0.4, -0.2) is 15.8 Å². The standard InChI is InChI=1S/C12H9F3N2O/c1-8-16-6-11(7-18)17(8)10-4-2-9(3-5-10)12(13,14)15/h2-7H,1H3. The van der Waals surface area contributed by atoms with E-state index in [2.05, 4.69) is 4.98 Å². The number of carbonyl (C=O) groups excluding carboxylic acids is 1. The molecule has 0 amide bonds. The van der Waals surface area contributed by atoms with Crippen molar-refractivity contribution in [3.05, 3.63) is 47.5 Å². The van der Waals surface area contributed by atoms with E-state index in [1.807, 2.05) is 0 Å². The zero-order valence-corrected chi connectivity index (χ0v) is 9.40. The largest absolute Gasteiger partial charge is 0.416 e. The Balaban J connectivity index is 2.46. The maximum absolute atomic E-state index is 12.4. The lowest BCUT2D eigenvalue weighted by Crippen LogP contribution is -2.06. The van der Waals surface area contributed by atoms with Crippen molar-refractivity contribution in [2.45, 2.75) is 13.1 Å². The fourth-order valence-electron chi connectivity index (χ4n) is 1.68. The van der Waals surface area contributed by atoms with Gasteiger partial charge in [0.15, 0.2) is 6.29 Å². The van der Waals surface area contributed by atoms with E-state index in [0.717, 1.165) is 12.1 Å². The topological polar surface area (TPSA) is 34.9 Å². The third-order valence-electron chi connectivity index (χ3n) is 2.54. The van der Waals surface area contributed by atoms with Crippen LogP contribution in [-0.2, 0) is 6.18 Å². The van der Waals surface area contributed by atoms with E-state index in [-0.39, 0.29) is 0 Å². The number of aromatic nitrogens is 2. The number of aryl methyl sites for hydroxylation is 1. The summed E-state index contributed by atoms with van der Waals surface area (Å²) in [5, 5.41) is 0. The minimum Gasteiger partial charge on any atom is -0.296 e. The number of nitrogens with zero attached hydrogens (tertiary/aromatic N) is 2. The van der Waals surface area contributed by atoms with Gasteiger partial charge in [-0.15, -0.1) is 0 Å². The lowest BCUT2D eigenvalue weighted by atomic mass is 10.2. The van der Waals surface area contributed by atoms with Crippen LogP contribution in [0.25, 0.3) is 5.69 Å². The van der Waals surface area contributed by atoms with Gasteiger partial charge in [-0.05, 0) is 31.2 Å². The molecule has 0 atom stereocenters. The van der Waals surface area contributed by atoms with Gasteiger partial charge in [-0.3, -0.25) is 9.36 Å². The van der Waals surface area contributed by atoms with E-state index in [4.69, 9.17) is 0 Å². The Labute approximate surface area is 101 Å². The lowest BCUT2D eigenvalue weighted by molar-refractivity contribution is -0.137. The Hall–Kier alpha value is -2.11. The van der Waals surface area contributed by atoms with Gasteiger partial charge < -0.3 is 0 Å². The predicted molar refractivity (Wildman–Crippen MR) is 58.7 cm³/mol. The summed E-state index contributed by atoms with van der Waals surface area (Å²) in [6, 6.07) is 4.57. The van der Waals surface area contributed by atoms with E-state index >= 15 is 0 Å². The van der Waals surface area contributed by atoms with Gasteiger partial charge in [0, 0.05) is 5.69 Å². The van der Waals surface area contributed by atoms with Gasteiger partial charge in [0.1, 0.15) is 11.5 Å². The summed E-state index contributed by atoms with van der Waals surface area (Å²) in [7, 11) is 0. The van der Waals surface area contributed by atoms with E-state index in [0.29, 0.717) is 23.5 Å². The van der Waals surface area contributed by atoms with Gasteiger partial charge >= 0.3 is 6.18 Å². The number of hydrogen-bond acceptors (Lipinski definition) is 2. The first-order valence-corrected chi connectivity index (χ1v) is 5.10. The third-order valence-corrected chi connectivity index (χ3v) is 2.54. The number of halogens is 3. The predicted octanol–water partition coefficient (Wildman–Crippen LogP) is 3.01. The average Bonchev–Trinajstić information content (AvgIpc) is 2.69. The van der Waals surface area contributed by atoms with Crippen molar-refractivity contribution in [1.82, 2.24) is 9.55 Å². The monoisotopic (exact) mass is 254 g/mol. The summed E-state index contributed by atoms with van der Waals surface area (Å²) < 4.78 is 38.7. The maximum atomic E-state index is 12.4. The summed E-state index contributed by atoms with van der Waals surface area (Å²) in [5.41, 5.74) is 0.0454. The van der Waals surface area contributed by atoms with Crippen LogP contribution >= 0.6 is 0 Å². The highest BCUT2D eigenvalue weighted by molar-refractivity contribution is 5.73. The number of carbonyl (C=O) groups is 1. The molecule has 0 aliphatic carbocycles. The van der Waals surface area contributed by atoms with E-state index in [1.54, 1.807) is 6.92 Å². The highest BCUT2D eigenvalue weighted by atomic mass is 19.4. The second-order valence-corrected chi connectivity index (χ2v) is 3.73. The second kappa shape index (κ2) is 4.29. The average molecular weight is 254 g/mol. The summed E-state index contributed by atoms with van der Waals surface area (Å²) in [6.07, 6.45) is -2.38. The van der Waals surface area contributed by atoms with Crippen LogP contribution in [0.3, 0.4) is 0 Å². The summed E-state index contributed by atoms with van der Waals surface area (Å²) in [5.74, 6) is 0.539. The fraction of sp³-hybridized carbons (Fsp3) is 0.167. The van der Waals surface area contributed by atoms with Gasteiger partial charge in [-0.25, -0.2) is 4.98 Å². The van der Waals surface area contributed by atoms with Crippen LogP contribution < -0.4 is 0 Å². The van der Waals surface area contributed by atoms with Crippen LogP contribution in [0.15, 0.2) is 30.5 Å². The minimum absolute atomic E-state index is 0.298. The normalized spacial score (nSPS) is 11.6. The molecule has 0 radical (unpaired) electrons. The first-order chi connectivity index (χ1) is 8.43. The van der Waals surface area contributed by atoms with Gasteiger partial charge in [0.05, 0.1) is 11.8 Å². The molecule has 2 rings (SSSR count). The molecule has 18 heavy (non-hydrogen) atoms. The molecule has 1 aromatic heterocycles. The molecule has 0 saturated carbocycles. The van der Waals surface area contributed by atoms with Crippen LogP contribution in [0, 0.1) is 6.92 Å². The molecule has 0 aliphatic heterocycles. The van der Waals surface area contributed by atoms with Crippen molar-refractivity contribution in [3.8, 4) is 5.69 Å². The highest BCUT2D eigenvalue weighted by Crippen LogP contribution is 2.29. The molecule has 0 fully saturated rings. The number of benzene rings is 1. The number of aldehydes is 1. The zero-order valence-electron chi connectivity index (χ0n) is 9.40. The van der Waals surface area contributed by atoms with Crippen LogP contribution in [0.1, 0.15) is 21.9 Å². The number of alkyl halides is 3. The molecule has 6 heteroatoms. The highest BCUT2D eigenvalue weighted by Gasteiger charge is 2.30. The Bertz CT molecular complexity index is 570. The summed E-state index contributed by atoms with van der Waals surface area (Å²) in [4.78, 5) is 14.7. The second-order valence-electron chi connectivity index (χ2n) is 3.73. The van der Waals surface area contributed by atoms with Crippen molar-refractivity contribution in [2.75, 3.05) is 0 Å². The Kier molecular flexibility index (Phi) is 2.94. The molecule has 0 bridgehead atoms. The Morgan fingerprint density at radius 3 is 2.33 bits per heavy atom. The van der Waals surface area contributed by atoms with Gasteiger partial charge in [0.2, 0.25) is 0 Å². The first kappa shape index (κ1) is 12.3. The Morgan fingerprint density at radius 2 is 1.83 bits per heavy atom. The molecule has 94 valence electrons. The fourth-order valence-corrected chi connectivity index (χ4v) is 1.68. The van der Waals surface area contributed by atoms with Crippen molar-refractivity contribution in [2.24, 2.45) is 0 Å². The minimum atomic E-state index is -4.37. The molecule has 1 aromatic carbocycles. The zero-order chi connectivity index (χ0) is 13.3. The van der Waals surface area contributed by atoms with Gasteiger partial charge in [-0.2, -0.15) is 13.2 Å². The van der Waals surface area contributed by atoms with Crippen LogP contribution in [0.2, 0.25) is 0 Å². The van der Waals surface area contributed by atoms with E-state index in [9.17, 15) is 18.0 Å². The van der Waals surface area contributed by atoms with Crippen molar-refractivity contribution in [3.63, 3.8) is 0 Å². The van der Waals surface area contributed by atoms with Crippen LogP contribution in [0.5, 0.6) is 0 Å². The molecular formula is C12H9F3N2O. The first-order valence-electron chi connectivity index (χ1n) is 5.10. The van der Waals surface area contributed by atoms with Crippen molar-refractivity contribution in [1.29, 1.82) is 0 Å². The van der Waals surface area contributed by atoms with Gasteiger partial charge in [-0.1, -0.05) is 0 Å². The Morgan fingerprint density at radius 1 is 1.22 bits per heavy atom. The maximum Gasteiger partial charge on any atom is 0.416 e. The van der Waals surface area contributed by atoms with E-state index in [1.165, 1.54) is 22.9 Å². The molecular weight excluding hydrogens is 245 g/mol. The smallest absolute Gasteiger partial charge is 0.296 e. The third kappa shape index (κ3) is 2.13. The molecule has 1 heterocycles. The number of imidazole rings is 1. The summed E-state index contributed by atoms with van der Waals surface area (Å²) >= 11 is 0. The van der Waals surface area contributed by atoms with Crippen molar-refractivity contribution >= 4 is 6.29 Å². The van der Waals surface area contributed by atoms with Crippen molar-refractivity contribution < 1.29 is 18.0 Å². The molecule has 3 nitrogen and oxygen atoms in total. The number of rotatable bonds is 2. The lowest BCUT2D eigenvalue weighted by Gasteiger charge is -2.10. The van der Waals surface area contributed by atoms with Gasteiger partial charge in [0.25, 0.3) is 0 Å². The SMILES string of the molecule is Cc1ncc(C=O)n1-c1ccc(C(F)(F)F)cc1. The van der Waals surface area contributed by atoms with E-state index < -0.39 is 11.7 Å². The summed E-state index contributed by atoms with van der Waals surface area (Å²) in [6.45, 7) is 1.67.